The number of benzene rings is 2. The highest BCUT2D eigenvalue weighted by molar-refractivity contribution is 5.95. The number of ether oxygens (including phenoxy) is 1. The quantitative estimate of drug-likeness (QED) is 0.343. The number of nitrogens with one attached hydrogen (secondary N) is 1. The van der Waals surface area contributed by atoms with Crippen LogP contribution in [0.3, 0.4) is 0 Å². The highest BCUT2D eigenvalue weighted by Gasteiger charge is 2.41. The van der Waals surface area contributed by atoms with E-state index in [1.165, 1.54) is 9.80 Å². The Morgan fingerprint density at radius 2 is 1.55 bits per heavy atom. The lowest BCUT2D eigenvalue weighted by molar-refractivity contribution is -0.143. The minimum Gasteiger partial charge on any atom is -0.444 e. The standard InChI is InChI=1S/C28H29F6N3O3/c1-16(21-14-35-22-8-6-5-7-20(21)22)23-15-36(25(39)40-26(2,3)4)9-10-37(23)24(38)17-11-18(27(29,30)31)13-19(12-17)28(32,33)34/h5-8,11-14,16,23,35H,9-10,15H2,1-4H3/t16?,23-/m0/s1. The van der Waals surface area contributed by atoms with Gasteiger partial charge < -0.3 is 19.5 Å². The number of carbonyl (C=O) groups excluding carboxylic acids is 2. The summed E-state index contributed by atoms with van der Waals surface area (Å²) in [5, 5.41) is 0.843. The van der Waals surface area contributed by atoms with E-state index in [0.29, 0.717) is 12.1 Å². The molecule has 6 nitrogen and oxygen atoms in total. The van der Waals surface area contributed by atoms with E-state index in [9.17, 15) is 35.9 Å². The van der Waals surface area contributed by atoms with E-state index < -0.39 is 58.6 Å². The molecule has 40 heavy (non-hydrogen) atoms. The molecular weight excluding hydrogens is 540 g/mol. The van der Waals surface area contributed by atoms with Crippen molar-refractivity contribution in [3.8, 4) is 0 Å². The second-order valence-corrected chi connectivity index (χ2v) is 10.9. The first-order chi connectivity index (χ1) is 18.5. The van der Waals surface area contributed by atoms with Crippen molar-refractivity contribution in [2.45, 2.75) is 57.6 Å². The molecule has 1 aliphatic rings. The first kappa shape index (κ1) is 29.3. The van der Waals surface area contributed by atoms with E-state index in [-0.39, 0.29) is 25.7 Å². The highest BCUT2D eigenvalue weighted by Crippen LogP contribution is 2.38. The number of aromatic nitrogens is 1. The van der Waals surface area contributed by atoms with Gasteiger partial charge in [0.2, 0.25) is 0 Å². The van der Waals surface area contributed by atoms with Gasteiger partial charge in [-0.2, -0.15) is 26.3 Å². The summed E-state index contributed by atoms with van der Waals surface area (Å²) in [6, 6.07) is 7.45. The van der Waals surface area contributed by atoms with Crippen molar-refractivity contribution in [2.24, 2.45) is 0 Å². The second kappa shape index (κ2) is 10.4. The fraction of sp³-hybridized carbons (Fsp3) is 0.429. The van der Waals surface area contributed by atoms with Gasteiger partial charge in [-0.25, -0.2) is 4.79 Å². The molecule has 0 radical (unpaired) electrons. The Morgan fingerprint density at radius 3 is 2.12 bits per heavy atom. The van der Waals surface area contributed by atoms with Gasteiger partial charge in [-0.15, -0.1) is 0 Å². The number of rotatable bonds is 3. The SMILES string of the molecule is CC(c1c[nH]c2ccccc12)[C@@H]1CN(C(=O)OC(C)(C)C)CCN1C(=O)c1cc(C(F)(F)F)cc(C(F)(F)F)c1. The first-order valence-electron chi connectivity index (χ1n) is 12.6. The normalized spacial score (nSPS) is 17.7. The minimum absolute atomic E-state index is 0.0106. The van der Waals surface area contributed by atoms with Crippen molar-refractivity contribution in [1.29, 1.82) is 0 Å². The summed E-state index contributed by atoms with van der Waals surface area (Å²) in [5.74, 6) is -1.45. The number of hydrogen-bond donors (Lipinski definition) is 1. The maximum atomic E-state index is 13.7. The molecule has 0 spiro atoms. The number of hydrogen-bond acceptors (Lipinski definition) is 3. The summed E-state index contributed by atoms with van der Waals surface area (Å²) in [6.45, 7) is 6.72. The predicted molar refractivity (Wildman–Crippen MR) is 136 cm³/mol. The molecule has 0 aliphatic carbocycles. The summed E-state index contributed by atoms with van der Waals surface area (Å²) in [7, 11) is 0. The van der Waals surface area contributed by atoms with Crippen LogP contribution in [0.25, 0.3) is 10.9 Å². The van der Waals surface area contributed by atoms with Crippen LogP contribution < -0.4 is 0 Å². The number of alkyl halides is 6. The van der Waals surface area contributed by atoms with Crippen LogP contribution in [-0.4, -0.2) is 58.1 Å². The number of aromatic amines is 1. The van der Waals surface area contributed by atoms with Crippen LogP contribution in [0.5, 0.6) is 0 Å². The van der Waals surface area contributed by atoms with Gasteiger partial charge in [0.1, 0.15) is 5.60 Å². The predicted octanol–water partition coefficient (Wildman–Crippen LogP) is 7.07. The molecule has 1 saturated heterocycles. The fourth-order valence-corrected chi connectivity index (χ4v) is 4.90. The van der Waals surface area contributed by atoms with Crippen LogP contribution >= 0.6 is 0 Å². The molecule has 216 valence electrons. The van der Waals surface area contributed by atoms with E-state index in [0.717, 1.165) is 16.5 Å². The summed E-state index contributed by atoms with van der Waals surface area (Å²) in [5.41, 5.74) is -3.07. The third kappa shape index (κ3) is 6.20. The molecule has 1 aliphatic heterocycles. The van der Waals surface area contributed by atoms with Crippen molar-refractivity contribution < 1.29 is 40.7 Å². The Hall–Kier alpha value is -3.70. The zero-order valence-electron chi connectivity index (χ0n) is 22.3. The van der Waals surface area contributed by atoms with Gasteiger partial charge >= 0.3 is 18.4 Å². The van der Waals surface area contributed by atoms with Gasteiger partial charge in [-0.1, -0.05) is 25.1 Å². The number of amides is 2. The van der Waals surface area contributed by atoms with Gasteiger partial charge in [0.05, 0.1) is 17.2 Å². The molecule has 2 atom stereocenters. The Balaban J connectivity index is 1.75. The molecule has 2 heterocycles. The molecule has 0 saturated carbocycles. The lowest BCUT2D eigenvalue weighted by atomic mass is 9.89. The monoisotopic (exact) mass is 569 g/mol. The van der Waals surface area contributed by atoms with Crippen LogP contribution in [0.2, 0.25) is 0 Å². The Morgan fingerprint density at radius 1 is 0.950 bits per heavy atom. The molecule has 1 aromatic heterocycles. The van der Waals surface area contributed by atoms with Crippen LogP contribution in [0.4, 0.5) is 31.1 Å². The molecule has 1 fully saturated rings. The number of fused-ring (bicyclic) bond motifs is 1. The zero-order valence-corrected chi connectivity index (χ0v) is 22.3. The number of H-pyrrole nitrogens is 1. The molecule has 0 bridgehead atoms. The fourth-order valence-electron chi connectivity index (χ4n) is 4.90. The number of piperazine rings is 1. The van der Waals surface area contributed by atoms with Crippen molar-refractivity contribution in [1.82, 2.24) is 14.8 Å². The Kier molecular flexibility index (Phi) is 7.59. The smallest absolute Gasteiger partial charge is 0.416 e. The van der Waals surface area contributed by atoms with Crippen LogP contribution in [0.1, 0.15) is 60.7 Å². The van der Waals surface area contributed by atoms with E-state index in [1.54, 1.807) is 33.9 Å². The molecule has 1 unspecified atom stereocenters. The van der Waals surface area contributed by atoms with Crippen molar-refractivity contribution in [3.63, 3.8) is 0 Å². The highest BCUT2D eigenvalue weighted by atomic mass is 19.4. The number of carbonyl (C=O) groups is 2. The molecule has 1 N–H and O–H groups in total. The maximum Gasteiger partial charge on any atom is 0.416 e. The number of nitrogens with zero attached hydrogens (tertiary/aromatic N) is 2. The van der Waals surface area contributed by atoms with Gasteiger partial charge in [-0.05, 0) is 50.6 Å². The van der Waals surface area contributed by atoms with Gasteiger partial charge in [0.15, 0.2) is 0 Å². The third-order valence-corrected chi connectivity index (χ3v) is 6.85. The summed E-state index contributed by atoms with van der Waals surface area (Å²) in [4.78, 5) is 32.3. The van der Waals surface area contributed by atoms with E-state index in [2.05, 4.69) is 4.98 Å². The maximum absolute atomic E-state index is 13.7. The van der Waals surface area contributed by atoms with Gasteiger partial charge in [-0.3, -0.25) is 4.79 Å². The summed E-state index contributed by atoms with van der Waals surface area (Å²) in [6.07, 6.45) is -9.07. The third-order valence-electron chi connectivity index (χ3n) is 6.85. The van der Waals surface area contributed by atoms with Crippen molar-refractivity contribution >= 4 is 22.9 Å². The van der Waals surface area contributed by atoms with Crippen LogP contribution in [0, 0.1) is 0 Å². The van der Waals surface area contributed by atoms with Gasteiger partial charge in [0, 0.05) is 48.2 Å². The largest absolute Gasteiger partial charge is 0.444 e. The molecule has 3 aromatic rings. The summed E-state index contributed by atoms with van der Waals surface area (Å²) >= 11 is 0. The molecule has 4 rings (SSSR count). The lowest BCUT2D eigenvalue weighted by Gasteiger charge is -2.44. The van der Waals surface area contributed by atoms with Crippen LogP contribution in [-0.2, 0) is 17.1 Å². The number of para-hydroxylation sites is 1. The molecule has 2 amide bonds. The average molecular weight is 570 g/mol. The average Bonchev–Trinajstić information content (AvgIpc) is 3.29. The summed E-state index contributed by atoms with van der Waals surface area (Å²) < 4.78 is 86.5. The topological polar surface area (TPSA) is 65.6 Å². The van der Waals surface area contributed by atoms with E-state index in [4.69, 9.17) is 4.74 Å². The Labute approximate surface area is 226 Å². The molecule has 2 aromatic carbocycles. The van der Waals surface area contributed by atoms with E-state index >= 15 is 0 Å². The van der Waals surface area contributed by atoms with Crippen LogP contribution in [0.15, 0.2) is 48.7 Å². The van der Waals surface area contributed by atoms with Crippen molar-refractivity contribution in [2.75, 3.05) is 19.6 Å². The second-order valence-electron chi connectivity index (χ2n) is 10.9. The Bertz CT molecular complexity index is 1370. The van der Waals surface area contributed by atoms with E-state index in [1.807, 2.05) is 24.3 Å². The zero-order chi connectivity index (χ0) is 29.6. The van der Waals surface area contributed by atoms with Crippen molar-refractivity contribution in [3.05, 3.63) is 70.9 Å². The van der Waals surface area contributed by atoms with Gasteiger partial charge in [0.25, 0.3) is 5.91 Å². The lowest BCUT2D eigenvalue weighted by Crippen LogP contribution is -2.58. The number of halogens is 6. The molecular formula is C28H29F6N3O3. The first-order valence-corrected chi connectivity index (χ1v) is 12.6. The minimum atomic E-state index is -5.09. The molecule has 12 heteroatoms.